The van der Waals surface area contributed by atoms with Gasteiger partial charge in [0.25, 0.3) is 6.29 Å². The second-order valence-corrected chi connectivity index (χ2v) is 4.21. The molecule has 98 valence electrons. The third kappa shape index (κ3) is 2.13. The minimum Gasteiger partial charge on any atom is -0.343 e. The van der Waals surface area contributed by atoms with E-state index in [4.69, 9.17) is 9.47 Å². The predicted molar refractivity (Wildman–Crippen MR) is 70.1 cm³/mol. The van der Waals surface area contributed by atoms with Crippen LogP contribution in [0.5, 0.6) is 0 Å². The first-order valence-electron chi connectivity index (χ1n) is 6.37. The van der Waals surface area contributed by atoms with Gasteiger partial charge in [0, 0.05) is 13.2 Å². The van der Waals surface area contributed by atoms with Crippen molar-refractivity contribution in [2.75, 3.05) is 13.2 Å². The Morgan fingerprint density at radius 2 is 1.78 bits per heavy atom. The number of fused-ring (bicyclic) bond motifs is 1. The third-order valence-electron chi connectivity index (χ3n) is 3.14. The van der Waals surface area contributed by atoms with Crippen LogP contribution in [0.15, 0.2) is 24.3 Å². The lowest BCUT2D eigenvalue weighted by Gasteiger charge is -2.13. The van der Waals surface area contributed by atoms with E-state index in [1.165, 1.54) is 11.0 Å². The van der Waals surface area contributed by atoms with Crippen LogP contribution in [0, 0.1) is 0 Å². The maximum Gasteiger partial charge on any atom is 0.315 e. The Bertz CT molecular complexity index is 489. The molecule has 0 radical (unpaired) electrons. The normalized spacial score (nSPS) is 11.6. The zero-order valence-electron chi connectivity index (χ0n) is 11.5. The monoisotopic (exact) mass is 249 g/mol. The Morgan fingerprint density at radius 3 is 2.33 bits per heavy atom. The minimum absolute atomic E-state index is 0.317. The van der Waals surface area contributed by atoms with Crippen molar-refractivity contribution >= 4 is 11.0 Å². The van der Waals surface area contributed by atoms with Crippen LogP contribution in [0.2, 0.25) is 0 Å². The first kappa shape index (κ1) is 13.1. The van der Waals surface area contributed by atoms with Gasteiger partial charge in [0.15, 0.2) is 11.0 Å². The number of nitrogens with zero attached hydrogens (tertiary/aromatic N) is 2. The topological polar surface area (TPSA) is 27.3 Å². The molecule has 0 amide bonds. The Balaban J connectivity index is 2.54. The summed E-state index contributed by atoms with van der Waals surface area (Å²) in [5.41, 5.74) is 2.36. The predicted octanol–water partition coefficient (Wildman–Crippen LogP) is 2.07. The summed E-state index contributed by atoms with van der Waals surface area (Å²) in [7, 11) is 4.09. The minimum atomic E-state index is -0.317. The lowest BCUT2D eigenvalue weighted by molar-refractivity contribution is -0.662. The summed E-state index contributed by atoms with van der Waals surface area (Å²) in [5.74, 6) is 1.03. The van der Waals surface area contributed by atoms with E-state index in [-0.39, 0.29) is 6.29 Å². The van der Waals surface area contributed by atoms with Crippen molar-refractivity contribution in [2.24, 2.45) is 14.1 Å². The van der Waals surface area contributed by atoms with Crippen molar-refractivity contribution in [3.05, 3.63) is 30.1 Å². The maximum atomic E-state index is 5.70. The fourth-order valence-electron chi connectivity index (χ4n) is 2.32. The number of hydrogen-bond donors (Lipinski definition) is 0. The van der Waals surface area contributed by atoms with E-state index in [0.29, 0.717) is 13.2 Å². The van der Waals surface area contributed by atoms with E-state index >= 15 is 0 Å². The third-order valence-corrected chi connectivity index (χ3v) is 3.14. The summed E-state index contributed by atoms with van der Waals surface area (Å²) in [6.07, 6.45) is -0.317. The Morgan fingerprint density at radius 1 is 1.17 bits per heavy atom. The lowest BCUT2D eigenvalue weighted by atomic mass is 10.3. The van der Waals surface area contributed by atoms with Crippen LogP contribution in [-0.2, 0) is 23.6 Å². The molecule has 0 aliphatic carbocycles. The van der Waals surface area contributed by atoms with Crippen LogP contribution in [0.3, 0.4) is 0 Å². The average molecular weight is 249 g/mol. The number of aryl methyl sites for hydroxylation is 2. The highest BCUT2D eigenvalue weighted by atomic mass is 16.7. The van der Waals surface area contributed by atoms with Gasteiger partial charge in [0.2, 0.25) is 0 Å². The van der Waals surface area contributed by atoms with Crippen molar-refractivity contribution in [1.29, 1.82) is 0 Å². The average Bonchev–Trinajstić information content (AvgIpc) is 2.63. The van der Waals surface area contributed by atoms with Crippen LogP contribution < -0.4 is 4.57 Å². The van der Waals surface area contributed by atoms with Crippen molar-refractivity contribution in [2.45, 2.75) is 20.1 Å². The summed E-state index contributed by atoms with van der Waals surface area (Å²) < 4.78 is 15.7. The number of aromatic nitrogens is 2. The zero-order valence-corrected chi connectivity index (χ0v) is 11.5. The number of hydrogen-bond acceptors (Lipinski definition) is 2. The van der Waals surface area contributed by atoms with Crippen LogP contribution >= 0.6 is 0 Å². The Labute approximate surface area is 108 Å². The molecule has 0 aliphatic rings. The van der Waals surface area contributed by atoms with Gasteiger partial charge in [0.05, 0.1) is 14.1 Å². The molecule has 2 aromatic rings. The first-order chi connectivity index (χ1) is 8.70. The van der Waals surface area contributed by atoms with Gasteiger partial charge in [-0.15, -0.1) is 0 Å². The molecule has 0 atom stereocenters. The molecular formula is C14H21N2O2+. The first-order valence-corrected chi connectivity index (χ1v) is 6.37. The number of imidazole rings is 1. The maximum absolute atomic E-state index is 5.70. The molecule has 0 N–H and O–H groups in total. The standard InChI is InChI=1S/C14H21N2O2/c1-5-17-14(18-6-2)13-15(3)11-9-7-8-10-12(11)16(13)4/h7-10,14H,5-6H2,1-4H3/q+1. The fraction of sp³-hybridized carbons (Fsp3) is 0.500. The summed E-state index contributed by atoms with van der Waals surface area (Å²) in [6, 6.07) is 8.30. The van der Waals surface area contributed by atoms with E-state index in [0.717, 1.165) is 5.82 Å². The second kappa shape index (κ2) is 5.50. The molecule has 0 fully saturated rings. The summed E-state index contributed by atoms with van der Waals surface area (Å²) in [6.45, 7) is 5.22. The van der Waals surface area contributed by atoms with Crippen molar-refractivity contribution in [3.63, 3.8) is 0 Å². The molecule has 2 rings (SSSR count). The highest BCUT2D eigenvalue weighted by molar-refractivity contribution is 5.72. The number of benzene rings is 1. The summed E-state index contributed by atoms with van der Waals surface area (Å²) in [5, 5.41) is 0. The van der Waals surface area contributed by atoms with Crippen LogP contribution in [0.25, 0.3) is 11.0 Å². The Hall–Kier alpha value is -1.39. The summed E-state index contributed by atoms with van der Waals surface area (Å²) in [4.78, 5) is 0. The SMILES string of the molecule is CCOC(OCC)c1n(C)c2ccccc2[n+]1C. The number of para-hydroxylation sites is 2. The molecule has 18 heavy (non-hydrogen) atoms. The quantitative estimate of drug-likeness (QED) is 0.599. The molecular weight excluding hydrogens is 228 g/mol. The molecule has 0 aliphatic heterocycles. The van der Waals surface area contributed by atoms with Crippen LogP contribution in [0.1, 0.15) is 26.0 Å². The molecule has 0 spiro atoms. The molecule has 1 heterocycles. The van der Waals surface area contributed by atoms with Gasteiger partial charge >= 0.3 is 5.82 Å². The van der Waals surface area contributed by atoms with Crippen LogP contribution in [-0.4, -0.2) is 17.8 Å². The number of rotatable bonds is 5. The second-order valence-electron chi connectivity index (χ2n) is 4.21. The summed E-state index contributed by atoms with van der Waals surface area (Å²) >= 11 is 0. The highest BCUT2D eigenvalue weighted by Gasteiger charge is 2.29. The highest BCUT2D eigenvalue weighted by Crippen LogP contribution is 2.20. The molecule has 4 nitrogen and oxygen atoms in total. The van der Waals surface area contributed by atoms with Gasteiger partial charge in [-0.2, -0.15) is 0 Å². The molecule has 1 aromatic heterocycles. The van der Waals surface area contributed by atoms with Crippen molar-refractivity contribution in [1.82, 2.24) is 4.57 Å². The van der Waals surface area contributed by atoms with Gasteiger partial charge < -0.3 is 9.47 Å². The van der Waals surface area contributed by atoms with Crippen molar-refractivity contribution < 1.29 is 14.0 Å². The van der Waals surface area contributed by atoms with E-state index in [1.807, 2.05) is 40.1 Å². The van der Waals surface area contributed by atoms with Crippen molar-refractivity contribution in [3.8, 4) is 0 Å². The van der Waals surface area contributed by atoms with Gasteiger partial charge in [-0.1, -0.05) is 12.1 Å². The van der Waals surface area contributed by atoms with Gasteiger partial charge in [0.1, 0.15) is 0 Å². The smallest absolute Gasteiger partial charge is 0.315 e. The van der Waals surface area contributed by atoms with Gasteiger partial charge in [-0.25, -0.2) is 9.13 Å². The lowest BCUT2D eigenvalue weighted by Crippen LogP contribution is -2.36. The zero-order chi connectivity index (χ0) is 13.1. The van der Waals surface area contributed by atoms with E-state index in [2.05, 4.69) is 21.3 Å². The fourth-order valence-corrected chi connectivity index (χ4v) is 2.32. The number of ether oxygens (including phenoxy) is 2. The van der Waals surface area contributed by atoms with E-state index in [9.17, 15) is 0 Å². The molecule has 0 saturated carbocycles. The van der Waals surface area contributed by atoms with Crippen LogP contribution in [0.4, 0.5) is 0 Å². The molecule has 0 bridgehead atoms. The molecule has 0 unspecified atom stereocenters. The van der Waals surface area contributed by atoms with E-state index < -0.39 is 0 Å². The van der Waals surface area contributed by atoms with Gasteiger partial charge in [-0.3, -0.25) is 0 Å². The molecule has 1 aromatic carbocycles. The molecule has 4 heteroatoms. The largest absolute Gasteiger partial charge is 0.343 e. The van der Waals surface area contributed by atoms with E-state index in [1.54, 1.807) is 0 Å². The molecule has 0 saturated heterocycles. The van der Waals surface area contributed by atoms with Gasteiger partial charge in [-0.05, 0) is 26.0 Å². The Kier molecular flexibility index (Phi) is 3.99.